The number of ether oxygens (including phenoxy) is 1. The molecule has 1 aliphatic carbocycles. The first kappa shape index (κ1) is 14.4. The third kappa shape index (κ3) is 3.36. The molecule has 1 aromatic heterocycles. The molecule has 0 spiro atoms. The molecule has 3 nitrogen and oxygen atoms in total. The summed E-state index contributed by atoms with van der Waals surface area (Å²) >= 11 is 6.26. The summed E-state index contributed by atoms with van der Waals surface area (Å²) in [7, 11) is 0. The zero-order valence-corrected chi connectivity index (χ0v) is 12.9. The van der Waals surface area contributed by atoms with E-state index in [0.29, 0.717) is 10.9 Å². The van der Waals surface area contributed by atoms with Gasteiger partial charge in [0.2, 0.25) is 5.88 Å². The largest absolute Gasteiger partial charge is 0.438 e. The average molecular weight is 303 g/mol. The van der Waals surface area contributed by atoms with Crippen molar-refractivity contribution in [2.45, 2.75) is 32.7 Å². The van der Waals surface area contributed by atoms with Crippen LogP contribution in [-0.4, -0.2) is 11.5 Å². The van der Waals surface area contributed by atoms with Crippen molar-refractivity contribution < 1.29 is 4.74 Å². The third-order valence-corrected chi connectivity index (χ3v) is 4.00. The first-order valence-corrected chi connectivity index (χ1v) is 7.79. The summed E-state index contributed by atoms with van der Waals surface area (Å²) in [5, 5.41) is 3.80. The zero-order valence-electron chi connectivity index (χ0n) is 12.2. The average Bonchev–Trinajstić information content (AvgIpc) is 2.95. The zero-order chi connectivity index (χ0) is 14.7. The fraction of sp³-hybridized carbons (Fsp3) is 0.353. The van der Waals surface area contributed by atoms with Crippen molar-refractivity contribution in [1.82, 2.24) is 10.3 Å². The summed E-state index contributed by atoms with van der Waals surface area (Å²) in [6, 6.07) is 8.15. The summed E-state index contributed by atoms with van der Waals surface area (Å²) in [5.41, 5.74) is 3.87. The fourth-order valence-electron chi connectivity index (χ4n) is 2.63. The van der Waals surface area contributed by atoms with Gasteiger partial charge in [-0.1, -0.05) is 24.6 Å². The van der Waals surface area contributed by atoms with Gasteiger partial charge in [0, 0.05) is 12.7 Å². The lowest BCUT2D eigenvalue weighted by Crippen LogP contribution is -2.11. The van der Waals surface area contributed by atoms with Crippen LogP contribution in [0, 0.1) is 0 Å². The maximum absolute atomic E-state index is 6.26. The van der Waals surface area contributed by atoms with Crippen molar-refractivity contribution in [3.8, 4) is 11.6 Å². The molecule has 1 aliphatic rings. The standard InChI is InChI=1S/C17H19ClN2O/c1-2-19-10-12-8-16(18)17(20-11-12)21-15-7-6-13-4-3-5-14(13)9-15/h6-9,11,19H,2-5,10H2,1H3. The maximum atomic E-state index is 6.26. The monoisotopic (exact) mass is 302 g/mol. The Morgan fingerprint density at radius 3 is 2.90 bits per heavy atom. The van der Waals surface area contributed by atoms with E-state index in [1.165, 1.54) is 24.0 Å². The molecule has 0 amide bonds. The van der Waals surface area contributed by atoms with Crippen LogP contribution in [0.15, 0.2) is 30.5 Å². The molecule has 0 atom stereocenters. The molecular formula is C17H19ClN2O. The van der Waals surface area contributed by atoms with Crippen LogP contribution in [0.5, 0.6) is 11.6 Å². The molecule has 0 aliphatic heterocycles. The number of aromatic nitrogens is 1. The highest BCUT2D eigenvalue weighted by Gasteiger charge is 2.13. The predicted molar refractivity (Wildman–Crippen MR) is 85.2 cm³/mol. The van der Waals surface area contributed by atoms with Gasteiger partial charge >= 0.3 is 0 Å². The molecule has 0 saturated carbocycles. The Balaban J connectivity index is 1.75. The number of aryl methyl sites for hydroxylation is 2. The Morgan fingerprint density at radius 2 is 2.10 bits per heavy atom. The van der Waals surface area contributed by atoms with Crippen LogP contribution in [0.2, 0.25) is 5.02 Å². The summed E-state index contributed by atoms with van der Waals surface area (Å²) in [4.78, 5) is 4.33. The first-order valence-electron chi connectivity index (χ1n) is 7.41. The van der Waals surface area contributed by atoms with Crippen molar-refractivity contribution >= 4 is 11.6 Å². The molecule has 2 aromatic rings. The topological polar surface area (TPSA) is 34.2 Å². The maximum Gasteiger partial charge on any atom is 0.238 e. The minimum Gasteiger partial charge on any atom is -0.438 e. The van der Waals surface area contributed by atoms with Gasteiger partial charge in [-0.3, -0.25) is 0 Å². The van der Waals surface area contributed by atoms with Gasteiger partial charge in [-0.25, -0.2) is 4.98 Å². The molecule has 1 heterocycles. The van der Waals surface area contributed by atoms with E-state index < -0.39 is 0 Å². The van der Waals surface area contributed by atoms with Gasteiger partial charge in [0.15, 0.2) is 0 Å². The molecule has 0 unspecified atom stereocenters. The van der Waals surface area contributed by atoms with Gasteiger partial charge in [0.05, 0.1) is 0 Å². The first-order chi connectivity index (χ1) is 10.3. The van der Waals surface area contributed by atoms with Gasteiger partial charge in [0.25, 0.3) is 0 Å². The molecule has 1 N–H and O–H groups in total. The van der Waals surface area contributed by atoms with E-state index >= 15 is 0 Å². The lowest BCUT2D eigenvalue weighted by Gasteiger charge is -2.09. The number of pyridine rings is 1. The summed E-state index contributed by atoms with van der Waals surface area (Å²) in [6.45, 7) is 3.76. The molecule has 110 valence electrons. The SMILES string of the molecule is CCNCc1cnc(Oc2ccc3c(c2)CCC3)c(Cl)c1. The lowest BCUT2D eigenvalue weighted by molar-refractivity contribution is 0.462. The second kappa shape index (κ2) is 6.46. The van der Waals surface area contributed by atoms with E-state index in [4.69, 9.17) is 16.3 Å². The Hall–Kier alpha value is -1.58. The van der Waals surface area contributed by atoms with E-state index in [-0.39, 0.29) is 0 Å². The number of benzene rings is 1. The number of nitrogens with one attached hydrogen (secondary N) is 1. The van der Waals surface area contributed by atoms with Gasteiger partial charge < -0.3 is 10.1 Å². The Bertz CT molecular complexity index is 643. The fourth-order valence-corrected chi connectivity index (χ4v) is 2.86. The van der Waals surface area contributed by atoms with E-state index in [2.05, 4.69) is 29.4 Å². The highest BCUT2D eigenvalue weighted by atomic mass is 35.5. The molecule has 21 heavy (non-hydrogen) atoms. The molecule has 0 bridgehead atoms. The molecule has 3 rings (SSSR count). The molecule has 0 fully saturated rings. The summed E-state index contributed by atoms with van der Waals surface area (Å²) in [5.74, 6) is 1.28. The van der Waals surface area contributed by atoms with E-state index in [1.807, 2.05) is 12.1 Å². The summed E-state index contributed by atoms with van der Waals surface area (Å²) in [6.07, 6.45) is 5.34. The van der Waals surface area contributed by atoms with Crippen LogP contribution in [0.4, 0.5) is 0 Å². The highest BCUT2D eigenvalue weighted by molar-refractivity contribution is 6.31. The summed E-state index contributed by atoms with van der Waals surface area (Å²) < 4.78 is 5.83. The van der Waals surface area contributed by atoms with Crippen molar-refractivity contribution in [1.29, 1.82) is 0 Å². The second-order valence-corrected chi connectivity index (χ2v) is 5.70. The van der Waals surface area contributed by atoms with E-state index in [1.54, 1.807) is 6.20 Å². The highest BCUT2D eigenvalue weighted by Crippen LogP contribution is 2.31. The number of hydrogen-bond donors (Lipinski definition) is 1. The Morgan fingerprint density at radius 1 is 1.24 bits per heavy atom. The molecule has 0 radical (unpaired) electrons. The molecular weight excluding hydrogens is 284 g/mol. The minimum atomic E-state index is 0.467. The third-order valence-electron chi connectivity index (χ3n) is 3.73. The normalized spacial score (nSPS) is 13.2. The van der Waals surface area contributed by atoms with E-state index in [9.17, 15) is 0 Å². The van der Waals surface area contributed by atoms with Gasteiger partial charge in [0.1, 0.15) is 10.8 Å². The minimum absolute atomic E-state index is 0.467. The Labute approximate surface area is 130 Å². The van der Waals surface area contributed by atoms with Crippen LogP contribution in [0.25, 0.3) is 0 Å². The molecule has 0 saturated heterocycles. The number of fused-ring (bicyclic) bond motifs is 1. The van der Waals surface area contributed by atoms with Crippen LogP contribution in [-0.2, 0) is 19.4 Å². The number of hydrogen-bond acceptors (Lipinski definition) is 3. The number of nitrogens with zero attached hydrogens (tertiary/aromatic N) is 1. The van der Waals surface area contributed by atoms with Crippen LogP contribution < -0.4 is 10.1 Å². The number of rotatable bonds is 5. The Kier molecular flexibility index (Phi) is 4.42. The van der Waals surface area contributed by atoms with E-state index in [0.717, 1.165) is 30.8 Å². The van der Waals surface area contributed by atoms with Crippen molar-refractivity contribution in [2.75, 3.05) is 6.54 Å². The predicted octanol–water partition coefficient (Wildman–Crippen LogP) is 4.13. The molecule has 4 heteroatoms. The van der Waals surface area contributed by atoms with Gasteiger partial charge in [-0.15, -0.1) is 0 Å². The van der Waals surface area contributed by atoms with Crippen LogP contribution >= 0.6 is 11.6 Å². The van der Waals surface area contributed by atoms with Gasteiger partial charge in [-0.05, 0) is 60.7 Å². The lowest BCUT2D eigenvalue weighted by atomic mass is 10.1. The van der Waals surface area contributed by atoms with Gasteiger partial charge in [-0.2, -0.15) is 0 Å². The quantitative estimate of drug-likeness (QED) is 0.902. The van der Waals surface area contributed by atoms with Crippen LogP contribution in [0.1, 0.15) is 30.0 Å². The molecule has 1 aromatic carbocycles. The number of halogens is 1. The van der Waals surface area contributed by atoms with Crippen molar-refractivity contribution in [3.63, 3.8) is 0 Å². The second-order valence-electron chi connectivity index (χ2n) is 5.30. The van der Waals surface area contributed by atoms with Crippen molar-refractivity contribution in [2.24, 2.45) is 0 Å². The van der Waals surface area contributed by atoms with Crippen molar-refractivity contribution in [3.05, 3.63) is 52.2 Å². The smallest absolute Gasteiger partial charge is 0.238 e. The van der Waals surface area contributed by atoms with Crippen LogP contribution in [0.3, 0.4) is 0 Å².